The Morgan fingerprint density at radius 2 is 1.42 bits per heavy atom. The van der Waals surface area contributed by atoms with Gasteiger partial charge in [0.25, 0.3) is 0 Å². The normalized spacial score (nSPS) is 9.93. The van der Waals surface area contributed by atoms with Crippen LogP contribution < -0.4 is 4.74 Å². The van der Waals surface area contributed by atoms with Crippen LogP contribution in [0.15, 0.2) is 92.2 Å². The molecule has 0 spiro atoms. The number of hydrogen-bond acceptors (Lipinski definition) is 3. The third-order valence-electron chi connectivity index (χ3n) is 8.32. The second-order valence-electron chi connectivity index (χ2n) is 13.2. The van der Waals surface area contributed by atoms with Gasteiger partial charge in [0.2, 0.25) is 5.88 Å². The minimum Gasteiger partial charge on any atom is -0.478 e. The van der Waals surface area contributed by atoms with Crippen molar-refractivity contribution in [3.05, 3.63) is 143 Å². The van der Waals surface area contributed by atoms with E-state index in [0.717, 1.165) is 63.2 Å². The zero-order valence-electron chi connectivity index (χ0n) is 39.9. The van der Waals surface area contributed by atoms with E-state index >= 15 is 0 Å². The molecule has 57 heavy (non-hydrogen) atoms. The molecule has 4 rings (SSSR count). The van der Waals surface area contributed by atoms with E-state index < -0.39 is 0 Å². The van der Waals surface area contributed by atoms with E-state index in [-0.39, 0.29) is 11.2 Å². The van der Waals surface area contributed by atoms with E-state index in [0.29, 0.717) is 18.1 Å². The second kappa shape index (κ2) is 31.5. The molecule has 0 bridgehead atoms. The van der Waals surface area contributed by atoms with Gasteiger partial charge in [0.05, 0.1) is 12.3 Å². The summed E-state index contributed by atoms with van der Waals surface area (Å²) in [6.45, 7) is 50.8. The standard InChI is InChI=1S/C19H22N2O.C15H19F.C11H16.4C2H6/c1-6-16(13(3)4)17-9-10-18(21-14(17)5)15-8-11-19(20-12-15)22-7-2;1-7-11-8-12(15(4,5)6)9-13(16)14(11)10(2)3;1-4-10-8-6-7-9(3)11(10)5-2;4*1-2/h6,8-12H,3,7H2,1-2,4-5H3;7-9H,1-2H2,3-6H3;6-8H,4-5H2,1-3H3;4*1-2H3/b16-6-;;;;;;. The van der Waals surface area contributed by atoms with Gasteiger partial charge >= 0.3 is 0 Å². The van der Waals surface area contributed by atoms with Gasteiger partial charge in [-0.05, 0) is 117 Å². The zero-order valence-corrected chi connectivity index (χ0v) is 39.9. The number of aryl methyl sites for hydroxylation is 3. The maximum atomic E-state index is 14.0. The van der Waals surface area contributed by atoms with Crippen molar-refractivity contribution in [2.24, 2.45) is 0 Å². The average molecular weight is 781 g/mol. The topological polar surface area (TPSA) is 35.0 Å². The number of pyridine rings is 2. The van der Waals surface area contributed by atoms with E-state index in [2.05, 4.69) is 96.6 Å². The van der Waals surface area contributed by atoms with Gasteiger partial charge in [-0.1, -0.05) is 158 Å². The van der Waals surface area contributed by atoms with Crippen LogP contribution >= 0.6 is 0 Å². The Bertz CT molecular complexity index is 1770. The van der Waals surface area contributed by atoms with Gasteiger partial charge in [-0.3, -0.25) is 4.98 Å². The molecule has 0 radical (unpaired) electrons. The minimum absolute atomic E-state index is 0.0633. The van der Waals surface area contributed by atoms with Crippen molar-refractivity contribution in [2.45, 2.75) is 150 Å². The molecule has 4 aromatic rings. The quantitative estimate of drug-likeness (QED) is 0.159. The van der Waals surface area contributed by atoms with Gasteiger partial charge in [-0.15, -0.1) is 0 Å². The molecule has 0 saturated heterocycles. The zero-order chi connectivity index (χ0) is 44.9. The van der Waals surface area contributed by atoms with Crippen molar-refractivity contribution < 1.29 is 9.13 Å². The molecule has 0 saturated carbocycles. The maximum Gasteiger partial charge on any atom is 0.213 e. The monoisotopic (exact) mass is 781 g/mol. The van der Waals surface area contributed by atoms with Crippen LogP contribution in [0.4, 0.5) is 4.39 Å². The van der Waals surface area contributed by atoms with E-state index in [1.165, 1.54) is 16.7 Å². The van der Waals surface area contributed by atoms with Crippen molar-refractivity contribution >= 4 is 17.2 Å². The Labute approximate surface area is 351 Å². The van der Waals surface area contributed by atoms with Crippen LogP contribution in [0.3, 0.4) is 0 Å². The summed E-state index contributed by atoms with van der Waals surface area (Å²) in [5.74, 6) is 0.424. The fourth-order valence-corrected chi connectivity index (χ4v) is 5.68. The fraction of sp³-hybridized carbons (Fsp3) is 0.434. The Hall–Kier alpha value is -4.57. The maximum absolute atomic E-state index is 14.0. The minimum atomic E-state index is -0.213. The molecule has 2 aromatic heterocycles. The average Bonchev–Trinajstić information content (AvgIpc) is 3.21. The first-order chi connectivity index (χ1) is 27.1. The lowest BCUT2D eigenvalue weighted by Crippen LogP contribution is -2.12. The molecular formula is C53H81FN2O. The smallest absolute Gasteiger partial charge is 0.213 e. The third kappa shape index (κ3) is 19.0. The number of halogens is 1. The van der Waals surface area contributed by atoms with E-state index in [1.54, 1.807) is 18.3 Å². The Morgan fingerprint density at radius 1 is 0.825 bits per heavy atom. The highest BCUT2D eigenvalue weighted by molar-refractivity contribution is 5.79. The third-order valence-corrected chi connectivity index (χ3v) is 8.32. The number of aromatic nitrogens is 2. The van der Waals surface area contributed by atoms with E-state index in [4.69, 9.17) is 9.72 Å². The molecule has 4 heteroatoms. The summed E-state index contributed by atoms with van der Waals surface area (Å²) in [4.78, 5) is 9.00. The number of allylic oxidation sites excluding steroid dienone is 4. The predicted molar refractivity (Wildman–Crippen MR) is 257 cm³/mol. The van der Waals surface area contributed by atoms with Crippen LogP contribution in [0.25, 0.3) is 28.5 Å². The second-order valence-corrected chi connectivity index (χ2v) is 13.2. The Morgan fingerprint density at radius 3 is 1.81 bits per heavy atom. The summed E-state index contributed by atoms with van der Waals surface area (Å²) in [6.07, 6.45) is 7.87. The highest BCUT2D eigenvalue weighted by Crippen LogP contribution is 2.30. The van der Waals surface area contributed by atoms with Crippen LogP contribution in [0.2, 0.25) is 0 Å². The molecule has 0 unspecified atom stereocenters. The fourth-order valence-electron chi connectivity index (χ4n) is 5.68. The summed E-state index contributed by atoms with van der Waals surface area (Å²) in [5.41, 5.74) is 13.7. The number of ether oxygens (including phenoxy) is 1. The molecule has 316 valence electrons. The molecule has 0 fully saturated rings. The Kier molecular flexibility index (Phi) is 31.4. The van der Waals surface area contributed by atoms with E-state index in [9.17, 15) is 4.39 Å². The summed E-state index contributed by atoms with van der Waals surface area (Å²) in [5, 5.41) is 0. The summed E-state index contributed by atoms with van der Waals surface area (Å²) in [6, 6.07) is 18.1. The first kappa shape index (κ1) is 56.8. The lowest BCUT2D eigenvalue weighted by molar-refractivity contribution is 0.327. The molecule has 0 aliphatic heterocycles. The largest absolute Gasteiger partial charge is 0.478 e. The summed E-state index contributed by atoms with van der Waals surface area (Å²) >= 11 is 0. The van der Waals surface area contributed by atoms with Gasteiger partial charge in [0.1, 0.15) is 5.82 Å². The van der Waals surface area contributed by atoms with Gasteiger partial charge in [-0.25, -0.2) is 9.37 Å². The number of nitrogens with zero attached hydrogens (tertiary/aromatic N) is 2. The molecule has 0 N–H and O–H groups in total. The first-order valence-electron chi connectivity index (χ1n) is 21.2. The SMILES string of the molecule is C=C(C)/C(=C/C)c1ccc(-c2ccc(OCC)nc2)nc1C.C=Cc1cc(C(C)(C)C)cc(F)c1C(=C)C.CC.CC.CC.CC.CCc1cccc(C)c1CC. The van der Waals surface area contributed by atoms with Crippen LogP contribution in [-0.2, 0) is 18.3 Å². The highest BCUT2D eigenvalue weighted by atomic mass is 19.1. The molecular weight excluding hydrogens is 700 g/mol. The van der Waals surface area contributed by atoms with Crippen LogP contribution in [-0.4, -0.2) is 16.6 Å². The number of benzene rings is 2. The summed E-state index contributed by atoms with van der Waals surface area (Å²) < 4.78 is 19.3. The van der Waals surface area contributed by atoms with Crippen LogP contribution in [0.5, 0.6) is 5.88 Å². The molecule has 0 aliphatic rings. The molecule has 2 heterocycles. The van der Waals surface area contributed by atoms with Gasteiger partial charge in [0.15, 0.2) is 0 Å². The lowest BCUT2D eigenvalue weighted by Gasteiger charge is -2.21. The van der Waals surface area contributed by atoms with E-state index in [1.807, 2.05) is 114 Å². The van der Waals surface area contributed by atoms with Crippen molar-refractivity contribution in [3.8, 4) is 17.1 Å². The van der Waals surface area contributed by atoms with Gasteiger partial charge in [0, 0.05) is 34.6 Å². The van der Waals surface area contributed by atoms with Crippen molar-refractivity contribution in [1.29, 1.82) is 0 Å². The van der Waals surface area contributed by atoms with Gasteiger partial charge in [-0.2, -0.15) is 0 Å². The van der Waals surface area contributed by atoms with Crippen LogP contribution in [0.1, 0.15) is 162 Å². The van der Waals surface area contributed by atoms with Crippen LogP contribution in [0, 0.1) is 19.7 Å². The molecule has 3 nitrogen and oxygen atoms in total. The molecule has 2 aromatic carbocycles. The molecule has 0 amide bonds. The number of rotatable bonds is 9. The highest BCUT2D eigenvalue weighted by Gasteiger charge is 2.18. The van der Waals surface area contributed by atoms with Crippen molar-refractivity contribution in [1.82, 2.24) is 9.97 Å². The lowest BCUT2D eigenvalue weighted by atomic mass is 9.84. The molecule has 0 aliphatic carbocycles. The summed E-state index contributed by atoms with van der Waals surface area (Å²) in [7, 11) is 0. The van der Waals surface area contributed by atoms with Gasteiger partial charge < -0.3 is 4.74 Å². The number of hydrogen-bond donors (Lipinski definition) is 0. The van der Waals surface area contributed by atoms with Crippen molar-refractivity contribution in [2.75, 3.05) is 6.61 Å². The predicted octanol–water partition coefficient (Wildman–Crippen LogP) is 16.9. The van der Waals surface area contributed by atoms with Crippen molar-refractivity contribution in [3.63, 3.8) is 0 Å². The molecule has 0 atom stereocenters. The Balaban J connectivity index is -0.000000734. The first-order valence-corrected chi connectivity index (χ1v) is 21.2.